The van der Waals surface area contributed by atoms with E-state index in [9.17, 15) is 13.2 Å². The molecule has 0 aliphatic carbocycles. The van der Waals surface area contributed by atoms with Crippen LogP contribution in [-0.4, -0.2) is 24.0 Å². The molecule has 0 amide bonds. The minimum absolute atomic E-state index is 0.162. The maximum absolute atomic E-state index is 13.9. The van der Waals surface area contributed by atoms with Crippen molar-refractivity contribution in [1.82, 2.24) is 4.90 Å². The Hall–Kier alpha value is -1.07. The van der Waals surface area contributed by atoms with Gasteiger partial charge in [-0.15, -0.1) is 0 Å². The first-order valence-corrected chi connectivity index (χ1v) is 6.68. The lowest BCUT2D eigenvalue weighted by Gasteiger charge is -2.33. The van der Waals surface area contributed by atoms with E-state index in [0.717, 1.165) is 31.9 Å². The van der Waals surface area contributed by atoms with E-state index in [-0.39, 0.29) is 17.6 Å². The molecule has 1 aromatic carbocycles. The smallest absolute Gasteiger partial charge is 0.161 e. The summed E-state index contributed by atoms with van der Waals surface area (Å²) in [5.74, 6) is -2.91. The number of likely N-dealkylation sites (tertiary alicyclic amines) is 1. The molecule has 106 valence electrons. The Bertz CT molecular complexity index is 451. The van der Waals surface area contributed by atoms with E-state index in [1.165, 1.54) is 0 Å². The second-order valence-corrected chi connectivity index (χ2v) is 5.02. The van der Waals surface area contributed by atoms with Gasteiger partial charge in [0, 0.05) is 17.7 Å². The van der Waals surface area contributed by atoms with Crippen LogP contribution in [0.5, 0.6) is 0 Å². The van der Waals surface area contributed by atoms with Crippen molar-refractivity contribution in [1.29, 1.82) is 0 Å². The quantitative estimate of drug-likeness (QED) is 0.839. The molecule has 1 heterocycles. The maximum Gasteiger partial charge on any atom is 0.161 e. The van der Waals surface area contributed by atoms with Crippen molar-refractivity contribution in [2.45, 2.75) is 38.3 Å². The third-order valence-electron chi connectivity index (χ3n) is 3.80. The lowest BCUT2D eigenvalue weighted by atomic mass is 9.95. The highest BCUT2D eigenvalue weighted by molar-refractivity contribution is 5.25. The molecule has 2 rings (SSSR count). The maximum atomic E-state index is 13.9. The van der Waals surface area contributed by atoms with Crippen LogP contribution in [0.2, 0.25) is 0 Å². The molecule has 1 aliphatic rings. The van der Waals surface area contributed by atoms with Crippen LogP contribution in [0.1, 0.15) is 37.8 Å². The van der Waals surface area contributed by atoms with Gasteiger partial charge in [0.05, 0.1) is 6.04 Å². The van der Waals surface area contributed by atoms with Gasteiger partial charge in [0.25, 0.3) is 0 Å². The Kier molecular flexibility index (Phi) is 4.47. The fourth-order valence-corrected chi connectivity index (χ4v) is 2.81. The van der Waals surface area contributed by atoms with Crippen molar-refractivity contribution < 1.29 is 13.2 Å². The first-order valence-electron chi connectivity index (χ1n) is 6.68. The van der Waals surface area contributed by atoms with Crippen molar-refractivity contribution in [3.8, 4) is 0 Å². The van der Waals surface area contributed by atoms with E-state index in [1.54, 1.807) is 0 Å². The van der Waals surface area contributed by atoms with Crippen LogP contribution in [0.3, 0.4) is 0 Å². The van der Waals surface area contributed by atoms with Crippen LogP contribution >= 0.6 is 0 Å². The van der Waals surface area contributed by atoms with E-state index in [4.69, 9.17) is 5.73 Å². The van der Waals surface area contributed by atoms with Gasteiger partial charge < -0.3 is 5.73 Å². The summed E-state index contributed by atoms with van der Waals surface area (Å²) < 4.78 is 40.3. The highest BCUT2D eigenvalue weighted by Crippen LogP contribution is 2.31. The normalized spacial score (nSPS) is 25.3. The van der Waals surface area contributed by atoms with Gasteiger partial charge in [-0.1, -0.05) is 13.3 Å². The molecule has 2 atom stereocenters. The minimum Gasteiger partial charge on any atom is -0.326 e. The van der Waals surface area contributed by atoms with Gasteiger partial charge in [0.1, 0.15) is 5.82 Å². The van der Waals surface area contributed by atoms with Crippen LogP contribution in [-0.2, 0) is 0 Å². The lowest BCUT2D eigenvalue weighted by molar-refractivity contribution is 0.190. The zero-order valence-electron chi connectivity index (χ0n) is 11.0. The van der Waals surface area contributed by atoms with E-state index in [1.807, 2.05) is 11.8 Å². The molecule has 0 radical (unpaired) electrons. The molecule has 0 aromatic heterocycles. The topological polar surface area (TPSA) is 29.3 Å². The van der Waals surface area contributed by atoms with Gasteiger partial charge in [0.15, 0.2) is 11.6 Å². The number of hydrogen-bond donors (Lipinski definition) is 1. The van der Waals surface area contributed by atoms with Gasteiger partial charge >= 0.3 is 0 Å². The molecule has 2 nitrogen and oxygen atoms in total. The summed E-state index contributed by atoms with van der Waals surface area (Å²) in [5, 5.41) is 0. The van der Waals surface area contributed by atoms with Crippen LogP contribution in [0.15, 0.2) is 12.1 Å². The lowest BCUT2D eigenvalue weighted by Crippen LogP contribution is -2.40. The first-order chi connectivity index (χ1) is 9.04. The molecule has 0 spiro atoms. The molecule has 1 fully saturated rings. The number of likely N-dealkylation sites (N-methyl/N-ethyl adjacent to an activating group) is 1. The average Bonchev–Trinajstić information content (AvgIpc) is 2.55. The molecule has 1 aliphatic heterocycles. The number of nitrogens with zero attached hydrogens (tertiary/aromatic N) is 1. The van der Waals surface area contributed by atoms with Gasteiger partial charge in [-0.3, -0.25) is 4.90 Å². The van der Waals surface area contributed by atoms with Crippen molar-refractivity contribution in [2.75, 3.05) is 13.1 Å². The predicted molar refractivity (Wildman–Crippen MR) is 68.1 cm³/mol. The minimum atomic E-state index is -1.16. The van der Waals surface area contributed by atoms with E-state index >= 15 is 0 Å². The number of nitrogens with two attached hydrogens (primary N) is 1. The van der Waals surface area contributed by atoms with Crippen LogP contribution in [0.25, 0.3) is 0 Å². The summed E-state index contributed by atoms with van der Waals surface area (Å²) in [7, 11) is 0. The summed E-state index contributed by atoms with van der Waals surface area (Å²) in [6.07, 6.45) is 2.72. The first kappa shape index (κ1) is 14.3. The van der Waals surface area contributed by atoms with Crippen molar-refractivity contribution in [3.63, 3.8) is 0 Å². The highest BCUT2D eigenvalue weighted by atomic mass is 19.2. The number of rotatable bonds is 2. The zero-order chi connectivity index (χ0) is 14.0. The summed E-state index contributed by atoms with van der Waals surface area (Å²) in [5.41, 5.74) is 6.27. The summed E-state index contributed by atoms with van der Waals surface area (Å²) in [6, 6.07) is 0.906. The number of benzene rings is 1. The summed E-state index contributed by atoms with van der Waals surface area (Å²) in [4.78, 5) is 2.04. The number of hydrogen-bond acceptors (Lipinski definition) is 2. The molecule has 5 heteroatoms. The van der Waals surface area contributed by atoms with Gasteiger partial charge in [-0.25, -0.2) is 13.2 Å². The molecule has 2 N–H and O–H groups in total. The molecule has 1 saturated heterocycles. The van der Waals surface area contributed by atoms with E-state index < -0.39 is 17.5 Å². The van der Waals surface area contributed by atoms with Crippen LogP contribution < -0.4 is 5.73 Å². The molecular weight excluding hydrogens is 253 g/mol. The van der Waals surface area contributed by atoms with Crippen molar-refractivity contribution in [3.05, 3.63) is 35.1 Å². The van der Waals surface area contributed by atoms with E-state index in [2.05, 4.69) is 0 Å². The second-order valence-electron chi connectivity index (χ2n) is 5.02. The highest BCUT2D eigenvalue weighted by Gasteiger charge is 2.30. The van der Waals surface area contributed by atoms with Crippen molar-refractivity contribution in [2.24, 2.45) is 5.73 Å². The summed E-state index contributed by atoms with van der Waals surface area (Å²) in [6.45, 7) is 3.47. The Morgan fingerprint density at radius 2 is 1.84 bits per heavy atom. The monoisotopic (exact) mass is 272 g/mol. The van der Waals surface area contributed by atoms with Gasteiger partial charge in [-0.05, 0) is 32.0 Å². The SMILES string of the molecule is CCN1CCCCC(N)C1c1cc(F)c(F)cc1F. The summed E-state index contributed by atoms with van der Waals surface area (Å²) >= 11 is 0. The molecule has 0 bridgehead atoms. The Morgan fingerprint density at radius 3 is 2.53 bits per heavy atom. The van der Waals surface area contributed by atoms with E-state index in [0.29, 0.717) is 12.6 Å². The second kappa shape index (κ2) is 5.92. The molecular formula is C14H19F3N2. The Morgan fingerprint density at radius 1 is 1.16 bits per heavy atom. The third-order valence-corrected chi connectivity index (χ3v) is 3.80. The number of halogens is 3. The largest absolute Gasteiger partial charge is 0.326 e. The molecule has 19 heavy (non-hydrogen) atoms. The zero-order valence-corrected chi connectivity index (χ0v) is 11.0. The third kappa shape index (κ3) is 2.92. The van der Waals surface area contributed by atoms with Crippen LogP contribution in [0, 0.1) is 17.5 Å². The van der Waals surface area contributed by atoms with Gasteiger partial charge in [-0.2, -0.15) is 0 Å². The predicted octanol–water partition coefficient (Wildman–Crippen LogP) is 2.98. The fourth-order valence-electron chi connectivity index (χ4n) is 2.81. The Balaban J connectivity index is 2.43. The Labute approximate surface area is 111 Å². The fraction of sp³-hybridized carbons (Fsp3) is 0.571. The molecule has 0 saturated carbocycles. The average molecular weight is 272 g/mol. The molecule has 2 unspecified atom stereocenters. The van der Waals surface area contributed by atoms with Gasteiger partial charge in [0.2, 0.25) is 0 Å². The van der Waals surface area contributed by atoms with Crippen molar-refractivity contribution >= 4 is 0 Å². The standard InChI is InChI=1S/C14H19F3N2/c1-2-19-6-4-3-5-13(18)14(19)9-7-11(16)12(17)8-10(9)15/h7-8,13-14H,2-6,18H2,1H3. The van der Waals surface area contributed by atoms with Crippen LogP contribution in [0.4, 0.5) is 13.2 Å². The molecule has 1 aromatic rings.